The minimum atomic E-state index is 0.104. The first-order valence-electron chi connectivity index (χ1n) is 6.40. The molecule has 0 saturated heterocycles. The molecule has 3 heteroatoms. The van der Waals surface area contributed by atoms with Gasteiger partial charge < -0.3 is 10.5 Å². The van der Waals surface area contributed by atoms with Crippen molar-refractivity contribution in [3.8, 4) is 0 Å². The highest BCUT2D eigenvalue weighted by Gasteiger charge is 2.31. The molecule has 1 fully saturated rings. The number of hydrogen-bond donors (Lipinski definition) is 1. The molecule has 16 heavy (non-hydrogen) atoms. The van der Waals surface area contributed by atoms with Gasteiger partial charge in [-0.3, -0.25) is 4.90 Å². The predicted molar refractivity (Wildman–Crippen MR) is 66.4 cm³/mol. The van der Waals surface area contributed by atoms with Crippen LogP contribution in [0.2, 0.25) is 0 Å². The third-order valence-electron chi connectivity index (χ3n) is 3.85. The van der Waals surface area contributed by atoms with Gasteiger partial charge in [0.25, 0.3) is 0 Å². The molecular formula is C13H24N2O. The molecule has 1 saturated carbocycles. The first-order chi connectivity index (χ1) is 7.72. The summed E-state index contributed by atoms with van der Waals surface area (Å²) < 4.78 is 5.16. The van der Waals surface area contributed by atoms with E-state index in [0.717, 1.165) is 32.7 Å². The summed E-state index contributed by atoms with van der Waals surface area (Å²) in [6.45, 7) is 4.07. The van der Waals surface area contributed by atoms with Crippen LogP contribution in [0.5, 0.6) is 0 Å². The standard InChI is InChI=1S/C13H24N2O/c1-16-10-12-4-8-15(9-5-12)11-13(14)6-2-3-7-13/h4H,2-3,5-11,14H2,1H3. The second-order valence-corrected chi connectivity index (χ2v) is 5.35. The van der Waals surface area contributed by atoms with Gasteiger partial charge >= 0.3 is 0 Å². The summed E-state index contributed by atoms with van der Waals surface area (Å²) in [7, 11) is 1.76. The van der Waals surface area contributed by atoms with Gasteiger partial charge in [0.1, 0.15) is 0 Å². The Morgan fingerprint density at radius 1 is 1.44 bits per heavy atom. The van der Waals surface area contributed by atoms with E-state index >= 15 is 0 Å². The maximum absolute atomic E-state index is 6.40. The van der Waals surface area contributed by atoms with Gasteiger partial charge in [-0.05, 0) is 24.8 Å². The molecule has 2 aliphatic rings. The Morgan fingerprint density at radius 2 is 2.19 bits per heavy atom. The van der Waals surface area contributed by atoms with Crippen molar-refractivity contribution in [1.29, 1.82) is 0 Å². The Kier molecular flexibility index (Phi) is 4.00. The van der Waals surface area contributed by atoms with Crippen molar-refractivity contribution in [1.82, 2.24) is 4.90 Å². The minimum Gasteiger partial charge on any atom is -0.380 e. The average Bonchev–Trinajstić information content (AvgIpc) is 2.68. The van der Waals surface area contributed by atoms with E-state index in [4.69, 9.17) is 10.5 Å². The number of hydrogen-bond acceptors (Lipinski definition) is 3. The van der Waals surface area contributed by atoms with Gasteiger partial charge in [0.2, 0.25) is 0 Å². The molecule has 0 aromatic rings. The van der Waals surface area contributed by atoms with Crippen molar-refractivity contribution in [2.24, 2.45) is 5.73 Å². The van der Waals surface area contributed by atoms with Gasteiger partial charge in [-0.25, -0.2) is 0 Å². The van der Waals surface area contributed by atoms with Gasteiger partial charge in [0, 0.05) is 32.3 Å². The van der Waals surface area contributed by atoms with E-state index in [2.05, 4.69) is 11.0 Å². The molecule has 0 spiro atoms. The van der Waals surface area contributed by atoms with Crippen LogP contribution in [0.3, 0.4) is 0 Å². The first-order valence-corrected chi connectivity index (χ1v) is 6.40. The maximum Gasteiger partial charge on any atom is 0.0673 e. The lowest BCUT2D eigenvalue weighted by molar-refractivity contribution is 0.196. The van der Waals surface area contributed by atoms with Crippen LogP contribution in [-0.4, -0.2) is 43.8 Å². The van der Waals surface area contributed by atoms with Crippen molar-refractivity contribution in [2.45, 2.75) is 37.6 Å². The van der Waals surface area contributed by atoms with E-state index in [9.17, 15) is 0 Å². The highest BCUT2D eigenvalue weighted by atomic mass is 16.5. The SMILES string of the molecule is COCC1=CCN(CC2(N)CCCC2)CC1. The van der Waals surface area contributed by atoms with Crippen LogP contribution >= 0.6 is 0 Å². The summed E-state index contributed by atoms with van der Waals surface area (Å²) in [4.78, 5) is 2.49. The topological polar surface area (TPSA) is 38.5 Å². The van der Waals surface area contributed by atoms with Crippen molar-refractivity contribution in [3.63, 3.8) is 0 Å². The fraction of sp³-hybridized carbons (Fsp3) is 0.846. The zero-order chi connectivity index (χ0) is 11.4. The highest BCUT2D eigenvalue weighted by molar-refractivity contribution is 5.08. The quantitative estimate of drug-likeness (QED) is 0.736. The third kappa shape index (κ3) is 3.06. The summed E-state index contributed by atoms with van der Waals surface area (Å²) in [5.41, 5.74) is 7.94. The second kappa shape index (κ2) is 5.30. The molecule has 1 aliphatic heterocycles. The van der Waals surface area contributed by atoms with E-state index in [1.165, 1.54) is 31.3 Å². The van der Waals surface area contributed by atoms with Gasteiger partial charge in [0.05, 0.1) is 6.61 Å². The number of methoxy groups -OCH3 is 1. The molecule has 0 aromatic heterocycles. The first kappa shape index (κ1) is 12.1. The van der Waals surface area contributed by atoms with Crippen molar-refractivity contribution in [3.05, 3.63) is 11.6 Å². The van der Waals surface area contributed by atoms with Crippen molar-refractivity contribution >= 4 is 0 Å². The lowest BCUT2D eigenvalue weighted by Gasteiger charge is -2.34. The highest BCUT2D eigenvalue weighted by Crippen LogP contribution is 2.28. The van der Waals surface area contributed by atoms with Crippen molar-refractivity contribution in [2.75, 3.05) is 33.4 Å². The largest absolute Gasteiger partial charge is 0.380 e. The van der Waals surface area contributed by atoms with Crippen LogP contribution in [-0.2, 0) is 4.74 Å². The lowest BCUT2D eigenvalue weighted by Crippen LogP contribution is -2.49. The maximum atomic E-state index is 6.40. The molecule has 0 amide bonds. The van der Waals surface area contributed by atoms with E-state index in [1.807, 2.05) is 0 Å². The molecule has 92 valence electrons. The zero-order valence-electron chi connectivity index (χ0n) is 10.4. The Labute approximate surface area is 98.6 Å². The van der Waals surface area contributed by atoms with E-state index in [-0.39, 0.29) is 5.54 Å². The average molecular weight is 224 g/mol. The normalized spacial score (nSPS) is 25.8. The van der Waals surface area contributed by atoms with E-state index < -0.39 is 0 Å². The number of nitrogens with two attached hydrogens (primary N) is 1. The summed E-state index contributed by atoms with van der Waals surface area (Å²) in [5, 5.41) is 0. The zero-order valence-corrected chi connectivity index (χ0v) is 10.4. The molecule has 0 aromatic carbocycles. The fourth-order valence-electron chi connectivity index (χ4n) is 2.90. The molecule has 0 atom stereocenters. The molecular weight excluding hydrogens is 200 g/mol. The summed E-state index contributed by atoms with van der Waals surface area (Å²) in [6.07, 6.45) is 8.50. The van der Waals surface area contributed by atoms with Gasteiger partial charge in [0.15, 0.2) is 0 Å². The minimum absolute atomic E-state index is 0.104. The van der Waals surface area contributed by atoms with E-state index in [1.54, 1.807) is 7.11 Å². The summed E-state index contributed by atoms with van der Waals surface area (Å²) >= 11 is 0. The van der Waals surface area contributed by atoms with Crippen LogP contribution in [0.25, 0.3) is 0 Å². The molecule has 0 unspecified atom stereocenters. The summed E-state index contributed by atoms with van der Waals surface area (Å²) in [6, 6.07) is 0. The predicted octanol–water partition coefficient (Wildman–Crippen LogP) is 1.54. The Bertz CT molecular complexity index is 257. The monoisotopic (exact) mass is 224 g/mol. The molecule has 1 heterocycles. The molecule has 3 nitrogen and oxygen atoms in total. The Morgan fingerprint density at radius 3 is 2.75 bits per heavy atom. The van der Waals surface area contributed by atoms with Gasteiger partial charge in [-0.1, -0.05) is 18.9 Å². The lowest BCUT2D eigenvalue weighted by atomic mass is 9.97. The molecule has 2 N–H and O–H groups in total. The molecule has 2 rings (SSSR count). The summed E-state index contributed by atoms with van der Waals surface area (Å²) in [5.74, 6) is 0. The smallest absolute Gasteiger partial charge is 0.0673 e. The van der Waals surface area contributed by atoms with Crippen LogP contribution in [0, 0.1) is 0 Å². The number of ether oxygens (including phenoxy) is 1. The van der Waals surface area contributed by atoms with Crippen molar-refractivity contribution < 1.29 is 4.74 Å². The fourth-order valence-corrected chi connectivity index (χ4v) is 2.90. The van der Waals surface area contributed by atoms with Crippen LogP contribution in [0.1, 0.15) is 32.1 Å². The molecule has 1 aliphatic carbocycles. The number of rotatable bonds is 4. The van der Waals surface area contributed by atoms with Gasteiger partial charge in [-0.2, -0.15) is 0 Å². The third-order valence-corrected chi connectivity index (χ3v) is 3.85. The van der Waals surface area contributed by atoms with Gasteiger partial charge in [-0.15, -0.1) is 0 Å². The van der Waals surface area contributed by atoms with Crippen LogP contribution in [0.4, 0.5) is 0 Å². The molecule has 0 bridgehead atoms. The second-order valence-electron chi connectivity index (χ2n) is 5.35. The van der Waals surface area contributed by atoms with E-state index in [0.29, 0.717) is 0 Å². The Balaban J connectivity index is 1.80. The molecule has 0 radical (unpaired) electrons. The number of nitrogens with zero attached hydrogens (tertiary/aromatic N) is 1. The van der Waals surface area contributed by atoms with Crippen LogP contribution in [0.15, 0.2) is 11.6 Å². The van der Waals surface area contributed by atoms with Crippen LogP contribution < -0.4 is 5.73 Å². The Hall–Kier alpha value is -0.380.